The summed E-state index contributed by atoms with van der Waals surface area (Å²) in [4.78, 5) is 15.8. The largest absolute Gasteiger partial charge is 0.493 e. The summed E-state index contributed by atoms with van der Waals surface area (Å²) < 4.78 is 16.0. The third-order valence-electron chi connectivity index (χ3n) is 4.22. The molecule has 1 amide bonds. The zero-order valence-corrected chi connectivity index (χ0v) is 16.8. The lowest BCUT2D eigenvalue weighted by Gasteiger charge is -2.20. The van der Waals surface area contributed by atoms with Crippen LogP contribution in [0.1, 0.15) is 16.2 Å². The van der Waals surface area contributed by atoms with Gasteiger partial charge < -0.3 is 19.2 Å². The van der Waals surface area contributed by atoms with Crippen LogP contribution in [0.5, 0.6) is 11.5 Å². The zero-order chi connectivity index (χ0) is 19.8. The van der Waals surface area contributed by atoms with Gasteiger partial charge in [-0.05, 0) is 41.3 Å². The molecule has 3 aromatic rings. The van der Waals surface area contributed by atoms with E-state index in [0.29, 0.717) is 31.1 Å². The molecule has 6 nitrogen and oxygen atoms in total. The van der Waals surface area contributed by atoms with Crippen LogP contribution in [-0.4, -0.2) is 31.6 Å². The van der Waals surface area contributed by atoms with Crippen LogP contribution in [-0.2, 0) is 24.4 Å². The van der Waals surface area contributed by atoms with Crippen LogP contribution in [0.3, 0.4) is 0 Å². The predicted octanol–water partition coefficient (Wildman–Crippen LogP) is 3.68. The van der Waals surface area contributed by atoms with Crippen molar-refractivity contribution in [1.82, 2.24) is 10.2 Å². The van der Waals surface area contributed by atoms with E-state index in [0.717, 1.165) is 11.3 Å². The molecule has 0 spiro atoms. The first kappa shape index (κ1) is 20.0. The van der Waals surface area contributed by atoms with E-state index in [1.54, 1.807) is 31.8 Å². The van der Waals surface area contributed by atoms with Crippen LogP contribution in [0.4, 0.5) is 0 Å². The fourth-order valence-corrected chi connectivity index (χ4v) is 3.61. The lowest BCUT2D eigenvalue weighted by Crippen LogP contribution is -2.36. The fourth-order valence-electron chi connectivity index (χ4n) is 2.86. The standard InChI is InChI=1S/C21H24N2O4S/c1-25-19-8-7-16(11-20(19)26-2)12-22-21(24)15-23(13-17-5-3-9-27-17)14-18-6-4-10-28-18/h3-11H,12-15H2,1-2H3,(H,22,24). The van der Waals surface area contributed by atoms with Gasteiger partial charge in [-0.3, -0.25) is 9.69 Å². The van der Waals surface area contributed by atoms with Gasteiger partial charge in [0.25, 0.3) is 0 Å². The first-order valence-electron chi connectivity index (χ1n) is 8.92. The minimum Gasteiger partial charge on any atom is -0.493 e. The van der Waals surface area contributed by atoms with Gasteiger partial charge in [-0.1, -0.05) is 12.1 Å². The van der Waals surface area contributed by atoms with Crippen LogP contribution in [0.2, 0.25) is 0 Å². The number of rotatable bonds is 10. The summed E-state index contributed by atoms with van der Waals surface area (Å²) in [6.45, 7) is 1.98. The van der Waals surface area contributed by atoms with Gasteiger partial charge in [-0.25, -0.2) is 0 Å². The van der Waals surface area contributed by atoms with E-state index in [2.05, 4.69) is 16.3 Å². The molecule has 0 fully saturated rings. The average molecular weight is 401 g/mol. The molecule has 0 aliphatic heterocycles. The highest BCUT2D eigenvalue weighted by Crippen LogP contribution is 2.27. The van der Waals surface area contributed by atoms with Crippen LogP contribution < -0.4 is 14.8 Å². The number of hydrogen-bond donors (Lipinski definition) is 1. The molecule has 2 heterocycles. The number of nitrogens with one attached hydrogen (secondary N) is 1. The van der Waals surface area contributed by atoms with Crippen molar-refractivity contribution in [1.29, 1.82) is 0 Å². The van der Waals surface area contributed by atoms with Gasteiger partial charge in [0.1, 0.15) is 5.76 Å². The normalized spacial score (nSPS) is 10.8. The summed E-state index contributed by atoms with van der Waals surface area (Å²) in [6, 6.07) is 13.5. The van der Waals surface area contributed by atoms with Crippen molar-refractivity contribution in [3.05, 3.63) is 70.3 Å². The number of carbonyl (C=O) groups is 1. The molecule has 0 bridgehead atoms. The second-order valence-electron chi connectivity index (χ2n) is 6.27. The molecule has 0 saturated carbocycles. The predicted molar refractivity (Wildman–Crippen MR) is 109 cm³/mol. The quantitative estimate of drug-likeness (QED) is 0.562. The molecular formula is C21H24N2O4S. The highest BCUT2D eigenvalue weighted by atomic mass is 32.1. The molecule has 3 rings (SSSR count). The second kappa shape index (κ2) is 9.96. The topological polar surface area (TPSA) is 63.9 Å². The zero-order valence-electron chi connectivity index (χ0n) is 16.0. The first-order chi connectivity index (χ1) is 13.7. The van der Waals surface area contributed by atoms with Crippen LogP contribution in [0, 0.1) is 0 Å². The summed E-state index contributed by atoms with van der Waals surface area (Å²) in [5, 5.41) is 5.01. The number of carbonyl (C=O) groups excluding carboxylic acids is 1. The van der Waals surface area contributed by atoms with Crippen LogP contribution in [0.25, 0.3) is 0 Å². The number of methoxy groups -OCH3 is 2. The van der Waals surface area contributed by atoms with E-state index in [1.165, 1.54) is 4.88 Å². The maximum atomic E-state index is 12.5. The summed E-state index contributed by atoms with van der Waals surface area (Å²) in [6.07, 6.45) is 1.65. The van der Waals surface area contributed by atoms with Crippen molar-refractivity contribution in [2.24, 2.45) is 0 Å². The molecule has 0 saturated heterocycles. The van der Waals surface area contributed by atoms with E-state index >= 15 is 0 Å². The third-order valence-corrected chi connectivity index (χ3v) is 5.09. The minimum atomic E-state index is -0.0436. The van der Waals surface area contributed by atoms with Crippen LogP contribution in [0.15, 0.2) is 58.5 Å². The van der Waals surface area contributed by atoms with Gasteiger partial charge in [0.15, 0.2) is 11.5 Å². The van der Waals surface area contributed by atoms with Gasteiger partial charge in [0.2, 0.25) is 5.91 Å². The van der Waals surface area contributed by atoms with Gasteiger partial charge in [0.05, 0.1) is 33.6 Å². The molecule has 148 valence electrons. The van der Waals surface area contributed by atoms with E-state index < -0.39 is 0 Å². The van der Waals surface area contributed by atoms with E-state index in [1.807, 2.05) is 41.8 Å². The molecule has 0 aliphatic rings. The van der Waals surface area contributed by atoms with Gasteiger partial charge in [0, 0.05) is 18.0 Å². The Morgan fingerprint density at radius 1 is 1.11 bits per heavy atom. The van der Waals surface area contributed by atoms with E-state index in [9.17, 15) is 4.79 Å². The second-order valence-corrected chi connectivity index (χ2v) is 7.30. The summed E-state index contributed by atoms with van der Waals surface area (Å²) in [5.41, 5.74) is 0.946. The summed E-state index contributed by atoms with van der Waals surface area (Å²) in [5.74, 6) is 2.10. The Kier molecular flexibility index (Phi) is 7.11. The smallest absolute Gasteiger partial charge is 0.234 e. The Bertz CT molecular complexity index is 826. The van der Waals surface area contributed by atoms with Crippen molar-refractivity contribution >= 4 is 17.2 Å². The molecule has 0 unspecified atom stereocenters. The first-order valence-corrected chi connectivity index (χ1v) is 9.80. The molecule has 1 N–H and O–H groups in total. The Morgan fingerprint density at radius 3 is 2.64 bits per heavy atom. The van der Waals surface area contributed by atoms with Gasteiger partial charge >= 0.3 is 0 Å². The van der Waals surface area contributed by atoms with Crippen molar-refractivity contribution in [2.45, 2.75) is 19.6 Å². The molecular weight excluding hydrogens is 376 g/mol. The lowest BCUT2D eigenvalue weighted by atomic mass is 10.2. The minimum absolute atomic E-state index is 0.0436. The molecule has 1 aromatic carbocycles. The monoisotopic (exact) mass is 400 g/mol. The van der Waals surface area contributed by atoms with Crippen molar-refractivity contribution in [3.63, 3.8) is 0 Å². The maximum absolute atomic E-state index is 12.5. The SMILES string of the molecule is COc1ccc(CNC(=O)CN(Cc2ccco2)Cc2cccs2)cc1OC. The molecule has 7 heteroatoms. The number of hydrogen-bond acceptors (Lipinski definition) is 6. The summed E-state index contributed by atoms with van der Waals surface area (Å²) in [7, 11) is 3.19. The molecule has 2 aromatic heterocycles. The Balaban J connectivity index is 1.58. The van der Waals surface area contributed by atoms with Crippen LogP contribution >= 0.6 is 11.3 Å². The number of nitrogens with zero attached hydrogens (tertiary/aromatic N) is 1. The van der Waals surface area contributed by atoms with Crippen molar-refractivity contribution < 1.29 is 18.7 Å². The Morgan fingerprint density at radius 2 is 1.96 bits per heavy atom. The molecule has 0 radical (unpaired) electrons. The number of amides is 1. The van der Waals surface area contributed by atoms with E-state index in [-0.39, 0.29) is 12.5 Å². The van der Waals surface area contributed by atoms with Crippen molar-refractivity contribution in [2.75, 3.05) is 20.8 Å². The number of furan rings is 1. The Labute approximate surface area is 168 Å². The molecule has 0 aliphatic carbocycles. The Hall–Kier alpha value is -2.77. The molecule has 28 heavy (non-hydrogen) atoms. The highest BCUT2D eigenvalue weighted by Gasteiger charge is 2.14. The van der Waals surface area contributed by atoms with Gasteiger partial charge in [-0.15, -0.1) is 11.3 Å². The fraction of sp³-hybridized carbons (Fsp3) is 0.286. The summed E-state index contributed by atoms with van der Waals surface area (Å²) >= 11 is 1.68. The number of thiophene rings is 1. The molecule has 0 atom stereocenters. The number of benzene rings is 1. The maximum Gasteiger partial charge on any atom is 0.234 e. The lowest BCUT2D eigenvalue weighted by molar-refractivity contribution is -0.122. The van der Waals surface area contributed by atoms with Crippen molar-refractivity contribution in [3.8, 4) is 11.5 Å². The average Bonchev–Trinajstić information content (AvgIpc) is 3.40. The highest BCUT2D eigenvalue weighted by molar-refractivity contribution is 7.09. The van der Waals surface area contributed by atoms with E-state index in [4.69, 9.17) is 13.9 Å². The number of ether oxygens (including phenoxy) is 2. The third kappa shape index (κ3) is 5.61. The van der Waals surface area contributed by atoms with Gasteiger partial charge in [-0.2, -0.15) is 0 Å².